The van der Waals surface area contributed by atoms with E-state index in [2.05, 4.69) is 20.4 Å². The number of nitrogens with zero attached hydrogens (tertiary/aromatic N) is 5. The Morgan fingerprint density at radius 3 is 2.53 bits per heavy atom. The highest BCUT2D eigenvalue weighted by molar-refractivity contribution is 8.15. The number of ether oxygens (including phenoxy) is 1. The van der Waals surface area contributed by atoms with Crippen molar-refractivity contribution < 1.29 is 36.3 Å². The summed E-state index contributed by atoms with van der Waals surface area (Å²) < 4.78 is 69.9. The zero-order valence-corrected chi connectivity index (χ0v) is 24.6. The van der Waals surface area contributed by atoms with E-state index in [-0.39, 0.29) is 28.1 Å². The van der Waals surface area contributed by atoms with Crippen LogP contribution >= 0.6 is 11.8 Å². The monoisotopic (exact) mass is 644 g/mol. The van der Waals surface area contributed by atoms with Crippen LogP contribution in [0.25, 0.3) is 17.1 Å². The minimum atomic E-state index is -4.50. The van der Waals surface area contributed by atoms with Crippen LogP contribution in [0.5, 0.6) is 0 Å². The Hall–Kier alpha value is -4.63. The Kier molecular flexibility index (Phi) is 9.29. The quantitative estimate of drug-likeness (QED) is 0.203. The first-order chi connectivity index (χ1) is 21.4. The summed E-state index contributed by atoms with van der Waals surface area (Å²) in [7, 11) is 0. The van der Waals surface area contributed by atoms with Crippen molar-refractivity contribution in [2.75, 3.05) is 22.6 Å². The molecule has 1 N–H and O–H groups in total. The Morgan fingerprint density at radius 2 is 1.84 bits per heavy atom. The summed E-state index contributed by atoms with van der Waals surface area (Å²) in [5.74, 6) is -0.0161. The fraction of sp³-hybridized carbons (Fsp3) is 0.233. The molecule has 0 aliphatic carbocycles. The van der Waals surface area contributed by atoms with Gasteiger partial charge in [-0.05, 0) is 61.4 Å². The van der Waals surface area contributed by atoms with Crippen molar-refractivity contribution in [3.05, 3.63) is 89.2 Å². The van der Waals surface area contributed by atoms with Crippen molar-refractivity contribution in [1.82, 2.24) is 14.8 Å². The summed E-state index contributed by atoms with van der Waals surface area (Å²) in [6.45, 7) is 1.68. The summed E-state index contributed by atoms with van der Waals surface area (Å²) in [6.07, 6.45) is -5.61. The van der Waals surface area contributed by atoms with Crippen LogP contribution in [0.3, 0.4) is 0 Å². The van der Waals surface area contributed by atoms with Crippen molar-refractivity contribution in [2.24, 2.45) is 4.99 Å². The normalized spacial score (nSPS) is 14.5. The third kappa shape index (κ3) is 7.72. The second-order valence-electron chi connectivity index (χ2n) is 10.0. The number of aryl methyl sites for hydroxylation is 2. The van der Waals surface area contributed by atoms with Gasteiger partial charge in [-0.1, -0.05) is 36.0 Å². The van der Waals surface area contributed by atoms with Gasteiger partial charge in [-0.2, -0.15) is 18.2 Å². The molecular weight excluding hydrogens is 619 g/mol. The maximum Gasteiger partial charge on any atom is 0.411 e. The zero-order valence-electron chi connectivity index (χ0n) is 23.8. The van der Waals surface area contributed by atoms with Crippen LogP contribution in [-0.4, -0.2) is 50.4 Å². The van der Waals surface area contributed by atoms with Gasteiger partial charge in [-0.25, -0.2) is 23.2 Å². The number of urea groups is 1. The molecule has 45 heavy (non-hydrogen) atoms. The molecule has 3 amide bonds. The number of amidine groups is 1. The highest BCUT2D eigenvalue weighted by Gasteiger charge is 2.33. The number of carbonyl (C=O) groups excluding carboxylic acids is 2. The third-order valence-electron chi connectivity index (χ3n) is 6.60. The second kappa shape index (κ2) is 13.2. The number of aliphatic imine (C=N–C) groups is 1. The summed E-state index contributed by atoms with van der Waals surface area (Å²) >= 11 is 1.03. The number of alkyl halides is 5. The standard InChI is InChI=1S/C30H25F5N6O3S/c1-17-3-4-21(13-44-15-30(33,34)35)24(11-17)41-25(42)14-45-29(41)38-28(43)37-23-10-7-20(12-18(23)2)27-36-16-40(39-27)22-8-5-19(6-9-22)26(31)32/h3-12,16,26H,13-15H2,1-2H3,(H,37,43). The lowest BCUT2D eigenvalue weighted by Crippen LogP contribution is -2.31. The topological polar surface area (TPSA) is 102 Å². The fourth-order valence-electron chi connectivity index (χ4n) is 4.43. The zero-order chi connectivity index (χ0) is 32.3. The van der Waals surface area contributed by atoms with Crippen LogP contribution < -0.4 is 10.2 Å². The number of rotatable bonds is 8. The van der Waals surface area contributed by atoms with Gasteiger partial charge in [0.1, 0.15) is 12.9 Å². The van der Waals surface area contributed by atoms with Gasteiger partial charge in [0.2, 0.25) is 5.91 Å². The average Bonchev–Trinajstić information content (AvgIpc) is 3.61. The molecule has 0 atom stereocenters. The van der Waals surface area contributed by atoms with Crippen molar-refractivity contribution >= 4 is 40.2 Å². The van der Waals surface area contributed by atoms with Crippen molar-refractivity contribution in [3.63, 3.8) is 0 Å². The van der Waals surface area contributed by atoms with Gasteiger partial charge < -0.3 is 10.1 Å². The number of hydrogen-bond acceptors (Lipinski definition) is 6. The first-order valence-corrected chi connectivity index (χ1v) is 14.4. The minimum Gasteiger partial charge on any atom is -0.367 e. The van der Waals surface area contributed by atoms with Crippen molar-refractivity contribution in [3.8, 4) is 17.1 Å². The molecule has 9 nitrogen and oxygen atoms in total. The number of anilines is 2. The average molecular weight is 645 g/mol. The number of thioether (sulfide) groups is 1. The van der Waals surface area contributed by atoms with Gasteiger partial charge in [0.05, 0.1) is 23.7 Å². The molecule has 1 aromatic heterocycles. The Morgan fingerprint density at radius 1 is 1.09 bits per heavy atom. The predicted octanol–water partition coefficient (Wildman–Crippen LogP) is 7.24. The molecule has 1 fully saturated rings. The second-order valence-corrected chi connectivity index (χ2v) is 11.0. The van der Waals surface area contributed by atoms with E-state index in [1.54, 1.807) is 50.2 Å². The molecule has 0 spiro atoms. The lowest BCUT2D eigenvalue weighted by molar-refractivity contribution is -0.176. The van der Waals surface area contributed by atoms with Gasteiger partial charge in [-0.15, -0.1) is 5.10 Å². The van der Waals surface area contributed by atoms with Crippen molar-refractivity contribution in [2.45, 2.75) is 33.1 Å². The molecule has 1 aliphatic rings. The van der Waals surface area contributed by atoms with E-state index < -0.39 is 31.8 Å². The highest BCUT2D eigenvalue weighted by atomic mass is 32.2. The highest BCUT2D eigenvalue weighted by Crippen LogP contribution is 2.32. The molecule has 1 saturated heterocycles. The first kappa shape index (κ1) is 31.8. The molecule has 1 aliphatic heterocycles. The van der Waals surface area contributed by atoms with Crippen LogP contribution in [-0.2, 0) is 16.1 Å². The molecule has 15 heteroatoms. The molecule has 3 aromatic carbocycles. The van der Waals surface area contributed by atoms with Gasteiger partial charge >= 0.3 is 12.2 Å². The maximum absolute atomic E-state index is 12.9. The summed E-state index contributed by atoms with van der Waals surface area (Å²) in [5.41, 5.74) is 3.57. The van der Waals surface area contributed by atoms with Crippen LogP contribution in [0.15, 0.2) is 72.0 Å². The first-order valence-electron chi connectivity index (χ1n) is 13.4. The number of nitrogens with one attached hydrogen (secondary N) is 1. The molecule has 2 heterocycles. The molecule has 5 rings (SSSR count). The number of carbonyl (C=O) groups is 2. The van der Waals surface area contributed by atoms with E-state index in [1.807, 2.05) is 0 Å². The van der Waals surface area contributed by atoms with Gasteiger partial charge in [0.15, 0.2) is 11.0 Å². The van der Waals surface area contributed by atoms with Gasteiger partial charge in [0.25, 0.3) is 6.43 Å². The lowest BCUT2D eigenvalue weighted by atomic mass is 10.1. The number of amides is 3. The SMILES string of the molecule is Cc1ccc(COCC(F)(F)F)c(N2C(=O)CSC2=NC(=O)Nc2ccc(-c3ncn(-c4ccc(C(F)F)cc4)n3)cc2C)c1. The Labute approximate surface area is 258 Å². The number of benzene rings is 3. The Balaban J connectivity index is 1.30. The summed E-state index contributed by atoms with van der Waals surface area (Å²) in [5, 5.41) is 7.18. The van der Waals surface area contributed by atoms with Crippen molar-refractivity contribution in [1.29, 1.82) is 0 Å². The van der Waals surface area contributed by atoms with E-state index in [1.165, 1.54) is 40.2 Å². The lowest BCUT2D eigenvalue weighted by Gasteiger charge is -2.21. The molecule has 234 valence electrons. The number of halogens is 5. The Bertz CT molecular complexity index is 1760. The van der Waals surface area contributed by atoms with E-state index in [0.29, 0.717) is 33.9 Å². The van der Waals surface area contributed by atoms with Gasteiger partial charge in [0, 0.05) is 22.4 Å². The molecule has 0 saturated carbocycles. The van der Waals surface area contributed by atoms with Gasteiger partial charge in [-0.3, -0.25) is 9.69 Å². The fourth-order valence-corrected chi connectivity index (χ4v) is 5.29. The van der Waals surface area contributed by atoms with E-state index in [4.69, 9.17) is 4.74 Å². The third-order valence-corrected chi connectivity index (χ3v) is 7.52. The largest absolute Gasteiger partial charge is 0.411 e. The number of hydrogen-bond donors (Lipinski definition) is 1. The van der Waals surface area contributed by atoms with Crippen LogP contribution in [0, 0.1) is 13.8 Å². The van der Waals surface area contributed by atoms with Crippen LogP contribution in [0.2, 0.25) is 0 Å². The molecule has 0 radical (unpaired) electrons. The molecule has 0 bridgehead atoms. The smallest absolute Gasteiger partial charge is 0.367 e. The number of aromatic nitrogens is 3. The van der Waals surface area contributed by atoms with E-state index in [9.17, 15) is 31.5 Å². The molecule has 4 aromatic rings. The summed E-state index contributed by atoms with van der Waals surface area (Å²) in [4.78, 5) is 35.3. The van der Waals surface area contributed by atoms with Crippen LogP contribution in [0.1, 0.15) is 28.7 Å². The van der Waals surface area contributed by atoms with E-state index >= 15 is 0 Å². The summed E-state index contributed by atoms with van der Waals surface area (Å²) in [6, 6.07) is 14.9. The predicted molar refractivity (Wildman–Crippen MR) is 160 cm³/mol. The molecule has 0 unspecified atom stereocenters. The molecular formula is C30H25F5N6O3S. The maximum atomic E-state index is 12.9. The minimum absolute atomic E-state index is 0.00730. The van der Waals surface area contributed by atoms with Crippen LogP contribution in [0.4, 0.5) is 38.1 Å². The van der Waals surface area contributed by atoms with E-state index in [0.717, 1.165) is 17.3 Å².